The highest BCUT2D eigenvalue weighted by Gasteiger charge is 2.29. The van der Waals surface area contributed by atoms with E-state index in [0.29, 0.717) is 15.6 Å². The Balaban J connectivity index is 2.67. The van der Waals surface area contributed by atoms with Crippen LogP contribution in [-0.2, 0) is 0 Å². The average Bonchev–Trinajstić information content (AvgIpc) is 2.32. The maximum absolute atomic E-state index is 11.5. The highest BCUT2D eigenvalue weighted by molar-refractivity contribution is 7.80. The summed E-state index contributed by atoms with van der Waals surface area (Å²) in [6.07, 6.45) is 0. The molecule has 1 aliphatic rings. The lowest BCUT2D eigenvalue weighted by molar-refractivity contribution is 0.0884. The van der Waals surface area contributed by atoms with E-state index in [1.165, 1.54) is 4.90 Å². The molecule has 0 atom stereocenters. The summed E-state index contributed by atoms with van der Waals surface area (Å²) < 4.78 is 0. The molecule has 0 fully saturated rings. The number of carbonyl (C=O) groups excluding carboxylic acids is 1. The Labute approximate surface area is 86.1 Å². The molecule has 0 spiro atoms. The molecular formula is C9H6ClNOS. The van der Waals surface area contributed by atoms with E-state index in [0.717, 1.165) is 5.56 Å². The number of nitrogens with zero attached hydrogens (tertiary/aromatic N) is 1. The van der Waals surface area contributed by atoms with E-state index in [1.807, 2.05) is 0 Å². The molecule has 4 heteroatoms. The van der Waals surface area contributed by atoms with Gasteiger partial charge in [0.15, 0.2) is 0 Å². The number of thiocarbonyl (C=S) groups is 1. The van der Waals surface area contributed by atoms with Gasteiger partial charge in [0.05, 0.1) is 5.56 Å². The number of halogens is 1. The quantitative estimate of drug-likeness (QED) is 0.613. The Morgan fingerprint density at radius 3 is 2.77 bits per heavy atom. The zero-order valence-electron chi connectivity index (χ0n) is 6.87. The molecule has 1 aromatic carbocycles. The Morgan fingerprint density at radius 1 is 1.38 bits per heavy atom. The van der Waals surface area contributed by atoms with Gasteiger partial charge in [0.25, 0.3) is 5.91 Å². The lowest BCUT2D eigenvalue weighted by atomic mass is 10.1. The van der Waals surface area contributed by atoms with E-state index in [-0.39, 0.29) is 5.91 Å². The van der Waals surface area contributed by atoms with Gasteiger partial charge in [-0.3, -0.25) is 4.79 Å². The van der Waals surface area contributed by atoms with Gasteiger partial charge >= 0.3 is 0 Å². The van der Waals surface area contributed by atoms with Crippen LogP contribution in [0.15, 0.2) is 18.2 Å². The van der Waals surface area contributed by atoms with Gasteiger partial charge in [0.2, 0.25) is 0 Å². The van der Waals surface area contributed by atoms with Gasteiger partial charge in [0, 0.05) is 17.6 Å². The minimum Gasteiger partial charge on any atom is -0.302 e. The van der Waals surface area contributed by atoms with Crippen LogP contribution < -0.4 is 0 Å². The highest BCUT2D eigenvalue weighted by atomic mass is 35.5. The van der Waals surface area contributed by atoms with Gasteiger partial charge in [-0.15, -0.1) is 0 Å². The minimum absolute atomic E-state index is 0.0586. The molecule has 0 aromatic heterocycles. The molecule has 2 nitrogen and oxygen atoms in total. The third kappa shape index (κ3) is 1.16. The molecule has 66 valence electrons. The molecule has 0 N–H and O–H groups in total. The van der Waals surface area contributed by atoms with E-state index in [9.17, 15) is 4.79 Å². The van der Waals surface area contributed by atoms with Crippen LogP contribution in [0.25, 0.3) is 0 Å². The number of rotatable bonds is 0. The fourth-order valence-electron chi connectivity index (χ4n) is 1.33. The van der Waals surface area contributed by atoms with E-state index in [4.69, 9.17) is 23.8 Å². The molecule has 0 bridgehead atoms. The summed E-state index contributed by atoms with van der Waals surface area (Å²) in [4.78, 5) is 13.5. The van der Waals surface area contributed by atoms with E-state index in [2.05, 4.69) is 0 Å². The summed E-state index contributed by atoms with van der Waals surface area (Å²) in [5, 5.41) is 0.601. The number of amides is 1. The largest absolute Gasteiger partial charge is 0.302 e. The fraction of sp³-hybridized carbons (Fsp3) is 0.111. The number of hydrogen-bond donors (Lipinski definition) is 0. The standard InChI is InChI=1S/C9H6ClNOS/c1-11-8(12)6-3-2-5(10)4-7(6)9(11)13/h2-4H,1H3. The van der Waals surface area contributed by atoms with Crippen molar-refractivity contribution in [3.05, 3.63) is 34.3 Å². The third-order valence-electron chi connectivity index (χ3n) is 2.05. The minimum atomic E-state index is -0.0586. The van der Waals surface area contributed by atoms with Crippen LogP contribution in [0.1, 0.15) is 15.9 Å². The second-order valence-electron chi connectivity index (χ2n) is 2.86. The Kier molecular flexibility index (Phi) is 1.86. The first-order chi connectivity index (χ1) is 6.11. The average molecular weight is 212 g/mol. The van der Waals surface area contributed by atoms with Crippen LogP contribution in [0.4, 0.5) is 0 Å². The SMILES string of the molecule is CN1C(=O)c2ccc(Cl)cc2C1=S. The molecule has 0 radical (unpaired) electrons. The van der Waals surface area contributed by atoms with Crippen molar-refractivity contribution in [3.8, 4) is 0 Å². The molecule has 2 rings (SSSR count). The molecule has 13 heavy (non-hydrogen) atoms. The van der Waals surface area contributed by atoms with E-state index in [1.54, 1.807) is 25.2 Å². The Bertz CT molecular complexity index is 416. The zero-order valence-corrected chi connectivity index (χ0v) is 8.45. The molecule has 0 aliphatic carbocycles. The van der Waals surface area contributed by atoms with Crippen molar-refractivity contribution in [1.29, 1.82) is 0 Å². The summed E-state index contributed by atoms with van der Waals surface area (Å²) in [6, 6.07) is 5.12. The third-order valence-corrected chi connectivity index (χ3v) is 2.78. The summed E-state index contributed by atoms with van der Waals surface area (Å²) in [7, 11) is 1.67. The van der Waals surface area contributed by atoms with Crippen molar-refractivity contribution in [2.45, 2.75) is 0 Å². The Hall–Kier alpha value is -0.930. The van der Waals surface area contributed by atoms with Crippen molar-refractivity contribution in [1.82, 2.24) is 4.90 Å². The summed E-state index contributed by atoms with van der Waals surface area (Å²) in [5.41, 5.74) is 1.40. The predicted molar refractivity (Wildman–Crippen MR) is 55.2 cm³/mol. The molecular weight excluding hydrogens is 206 g/mol. The van der Waals surface area contributed by atoms with Gasteiger partial charge < -0.3 is 4.90 Å². The number of benzene rings is 1. The van der Waals surface area contributed by atoms with Crippen molar-refractivity contribution >= 4 is 34.7 Å². The highest BCUT2D eigenvalue weighted by Crippen LogP contribution is 2.25. The van der Waals surface area contributed by atoms with E-state index < -0.39 is 0 Å². The number of fused-ring (bicyclic) bond motifs is 1. The van der Waals surface area contributed by atoms with Crippen LogP contribution in [0.3, 0.4) is 0 Å². The van der Waals surface area contributed by atoms with Crippen LogP contribution in [0.5, 0.6) is 0 Å². The topological polar surface area (TPSA) is 20.3 Å². The van der Waals surface area contributed by atoms with Gasteiger partial charge in [-0.25, -0.2) is 0 Å². The fourth-order valence-corrected chi connectivity index (χ4v) is 1.76. The second kappa shape index (κ2) is 2.79. The molecule has 1 amide bonds. The van der Waals surface area contributed by atoms with Gasteiger partial charge in [-0.2, -0.15) is 0 Å². The van der Waals surface area contributed by atoms with Gasteiger partial charge in [-0.05, 0) is 18.2 Å². The predicted octanol–water partition coefficient (Wildman–Crippen LogP) is 2.10. The molecule has 1 aliphatic heterocycles. The van der Waals surface area contributed by atoms with Crippen LogP contribution >= 0.6 is 23.8 Å². The maximum Gasteiger partial charge on any atom is 0.259 e. The van der Waals surface area contributed by atoms with Crippen molar-refractivity contribution in [2.75, 3.05) is 7.05 Å². The Morgan fingerprint density at radius 2 is 2.08 bits per heavy atom. The molecule has 0 unspecified atom stereocenters. The molecule has 0 saturated carbocycles. The van der Waals surface area contributed by atoms with Crippen LogP contribution in [0.2, 0.25) is 5.02 Å². The molecule has 1 aromatic rings. The normalized spacial score (nSPS) is 15.1. The zero-order chi connectivity index (χ0) is 9.59. The maximum atomic E-state index is 11.5. The van der Waals surface area contributed by atoms with Crippen molar-refractivity contribution < 1.29 is 4.79 Å². The van der Waals surface area contributed by atoms with Crippen molar-refractivity contribution in [2.24, 2.45) is 0 Å². The number of hydrogen-bond acceptors (Lipinski definition) is 2. The first-order valence-electron chi connectivity index (χ1n) is 3.73. The lowest BCUT2D eigenvalue weighted by Crippen LogP contribution is -2.23. The smallest absolute Gasteiger partial charge is 0.259 e. The lowest BCUT2D eigenvalue weighted by Gasteiger charge is -2.05. The summed E-state index contributed by atoms with van der Waals surface area (Å²) in [6.45, 7) is 0. The first-order valence-corrected chi connectivity index (χ1v) is 4.52. The first kappa shape index (κ1) is 8.66. The van der Waals surface area contributed by atoms with Gasteiger partial charge in [-0.1, -0.05) is 23.8 Å². The van der Waals surface area contributed by atoms with Gasteiger partial charge in [0.1, 0.15) is 4.99 Å². The number of carbonyl (C=O) groups is 1. The summed E-state index contributed by atoms with van der Waals surface area (Å²) in [5.74, 6) is -0.0586. The van der Waals surface area contributed by atoms with Crippen LogP contribution in [0, 0.1) is 0 Å². The molecule has 0 saturated heterocycles. The monoisotopic (exact) mass is 211 g/mol. The summed E-state index contributed by atoms with van der Waals surface area (Å²) >= 11 is 10.9. The van der Waals surface area contributed by atoms with E-state index >= 15 is 0 Å². The second-order valence-corrected chi connectivity index (χ2v) is 3.68. The molecule has 1 heterocycles. The van der Waals surface area contributed by atoms with Crippen molar-refractivity contribution in [3.63, 3.8) is 0 Å². The van der Waals surface area contributed by atoms with Crippen LogP contribution in [-0.4, -0.2) is 22.8 Å².